The topological polar surface area (TPSA) is 84.2 Å². The third-order valence-electron chi connectivity index (χ3n) is 4.12. The Labute approximate surface area is 146 Å². The van der Waals surface area contributed by atoms with Crippen molar-refractivity contribution in [2.24, 2.45) is 0 Å². The van der Waals surface area contributed by atoms with E-state index >= 15 is 0 Å². The summed E-state index contributed by atoms with van der Waals surface area (Å²) in [5, 5.41) is 7.48. The second-order valence-corrected chi connectivity index (χ2v) is 5.72. The molecule has 3 aromatic rings. The normalized spacial score (nSPS) is 10.8. The third kappa shape index (κ3) is 3.60. The van der Waals surface area contributed by atoms with Crippen LogP contribution in [0.5, 0.6) is 0 Å². The standard InChI is InChI=1S/C18H21N5O2/c1-4-23(5-2)16-7-6-13(9-19-16)10-20-17(24)14-8-15-12(3)22-25-18(15)21-11-14/h6-9,11H,4-5,10H2,1-3H3,(H,20,24). The van der Waals surface area contributed by atoms with Crippen LogP contribution in [0.15, 0.2) is 35.1 Å². The van der Waals surface area contributed by atoms with Gasteiger partial charge in [-0.25, -0.2) is 9.97 Å². The number of amides is 1. The molecular formula is C18H21N5O2. The van der Waals surface area contributed by atoms with Gasteiger partial charge in [-0.15, -0.1) is 0 Å². The summed E-state index contributed by atoms with van der Waals surface area (Å²) in [6.45, 7) is 8.25. The van der Waals surface area contributed by atoms with Crippen molar-refractivity contribution < 1.29 is 9.32 Å². The molecule has 0 aliphatic carbocycles. The number of carbonyl (C=O) groups excluding carboxylic acids is 1. The lowest BCUT2D eigenvalue weighted by Gasteiger charge is -2.19. The molecule has 7 heteroatoms. The predicted molar refractivity (Wildman–Crippen MR) is 95.5 cm³/mol. The number of fused-ring (bicyclic) bond motifs is 1. The highest BCUT2D eigenvalue weighted by Crippen LogP contribution is 2.17. The predicted octanol–water partition coefficient (Wildman–Crippen LogP) is 2.70. The smallest absolute Gasteiger partial charge is 0.257 e. The highest BCUT2D eigenvalue weighted by atomic mass is 16.5. The fraction of sp³-hybridized carbons (Fsp3) is 0.333. The largest absolute Gasteiger partial charge is 0.357 e. The van der Waals surface area contributed by atoms with Crippen molar-refractivity contribution in [1.29, 1.82) is 0 Å². The van der Waals surface area contributed by atoms with Gasteiger partial charge >= 0.3 is 0 Å². The maximum absolute atomic E-state index is 12.3. The van der Waals surface area contributed by atoms with Crippen LogP contribution in [0.1, 0.15) is 35.5 Å². The molecule has 130 valence electrons. The van der Waals surface area contributed by atoms with Crippen molar-refractivity contribution in [3.05, 3.63) is 47.4 Å². The van der Waals surface area contributed by atoms with E-state index in [1.807, 2.05) is 19.1 Å². The molecule has 0 aliphatic heterocycles. The summed E-state index contributed by atoms with van der Waals surface area (Å²) in [5.41, 5.74) is 2.57. The first-order chi connectivity index (χ1) is 12.1. The molecule has 0 saturated carbocycles. The first-order valence-corrected chi connectivity index (χ1v) is 8.32. The van der Waals surface area contributed by atoms with E-state index in [0.29, 0.717) is 23.5 Å². The van der Waals surface area contributed by atoms with Gasteiger partial charge in [0.2, 0.25) is 0 Å². The number of carbonyl (C=O) groups is 1. The molecule has 3 heterocycles. The SMILES string of the molecule is CCN(CC)c1ccc(CNC(=O)c2cnc3onc(C)c3c2)cn1. The van der Waals surface area contributed by atoms with E-state index < -0.39 is 0 Å². The lowest BCUT2D eigenvalue weighted by molar-refractivity contribution is 0.0950. The third-order valence-corrected chi connectivity index (χ3v) is 4.12. The van der Waals surface area contributed by atoms with Gasteiger partial charge in [0.05, 0.1) is 16.6 Å². The zero-order valence-corrected chi connectivity index (χ0v) is 14.6. The minimum absolute atomic E-state index is 0.192. The van der Waals surface area contributed by atoms with Crippen LogP contribution in [0.25, 0.3) is 11.1 Å². The molecule has 0 fully saturated rings. The molecular weight excluding hydrogens is 318 g/mol. The molecule has 25 heavy (non-hydrogen) atoms. The fourth-order valence-corrected chi connectivity index (χ4v) is 2.61. The summed E-state index contributed by atoms with van der Waals surface area (Å²) in [6.07, 6.45) is 3.28. The average molecular weight is 339 g/mol. The molecule has 0 saturated heterocycles. The van der Waals surface area contributed by atoms with Crippen LogP contribution in [-0.4, -0.2) is 34.1 Å². The van der Waals surface area contributed by atoms with E-state index in [0.717, 1.165) is 29.9 Å². The molecule has 1 N–H and O–H groups in total. The van der Waals surface area contributed by atoms with Crippen LogP contribution in [0.2, 0.25) is 0 Å². The van der Waals surface area contributed by atoms with E-state index in [-0.39, 0.29) is 5.91 Å². The minimum Gasteiger partial charge on any atom is -0.357 e. The average Bonchev–Trinajstić information content (AvgIpc) is 3.02. The highest BCUT2D eigenvalue weighted by Gasteiger charge is 2.11. The first kappa shape index (κ1) is 16.9. The zero-order valence-electron chi connectivity index (χ0n) is 14.6. The number of anilines is 1. The van der Waals surface area contributed by atoms with E-state index in [2.05, 4.69) is 39.2 Å². The van der Waals surface area contributed by atoms with Crippen molar-refractivity contribution in [1.82, 2.24) is 20.4 Å². The summed E-state index contributed by atoms with van der Waals surface area (Å²) >= 11 is 0. The summed E-state index contributed by atoms with van der Waals surface area (Å²) in [4.78, 5) is 23.1. The van der Waals surface area contributed by atoms with Crippen molar-refractivity contribution >= 4 is 22.8 Å². The molecule has 7 nitrogen and oxygen atoms in total. The van der Waals surface area contributed by atoms with Crippen LogP contribution < -0.4 is 10.2 Å². The quantitative estimate of drug-likeness (QED) is 0.743. The van der Waals surface area contributed by atoms with Crippen LogP contribution in [0, 0.1) is 6.92 Å². The number of aromatic nitrogens is 3. The molecule has 0 radical (unpaired) electrons. The van der Waals surface area contributed by atoms with Gasteiger partial charge in [-0.3, -0.25) is 4.79 Å². The van der Waals surface area contributed by atoms with Crippen molar-refractivity contribution in [3.63, 3.8) is 0 Å². The van der Waals surface area contributed by atoms with Gasteiger partial charge in [0.15, 0.2) is 0 Å². The molecule has 0 bridgehead atoms. The second-order valence-electron chi connectivity index (χ2n) is 5.72. The van der Waals surface area contributed by atoms with Gasteiger partial charge in [-0.05, 0) is 38.5 Å². The van der Waals surface area contributed by atoms with E-state index in [4.69, 9.17) is 4.52 Å². The molecule has 3 aromatic heterocycles. The van der Waals surface area contributed by atoms with Crippen LogP contribution in [0.4, 0.5) is 5.82 Å². The Morgan fingerprint density at radius 1 is 1.20 bits per heavy atom. The fourth-order valence-electron chi connectivity index (χ4n) is 2.61. The number of hydrogen-bond donors (Lipinski definition) is 1. The Kier molecular flexibility index (Phi) is 4.92. The summed E-state index contributed by atoms with van der Waals surface area (Å²) in [5.74, 6) is 0.750. The summed E-state index contributed by atoms with van der Waals surface area (Å²) in [7, 11) is 0. The highest BCUT2D eigenvalue weighted by molar-refractivity contribution is 5.96. The van der Waals surface area contributed by atoms with Crippen molar-refractivity contribution in [2.75, 3.05) is 18.0 Å². The summed E-state index contributed by atoms with van der Waals surface area (Å²) < 4.78 is 5.06. The van der Waals surface area contributed by atoms with Gasteiger partial charge in [0.25, 0.3) is 11.6 Å². The van der Waals surface area contributed by atoms with E-state index in [1.54, 1.807) is 12.3 Å². The number of pyridine rings is 2. The lowest BCUT2D eigenvalue weighted by Crippen LogP contribution is -2.24. The van der Waals surface area contributed by atoms with Crippen LogP contribution >= 0.6 is 0 Å². The molecule has 0 aromatic carbocycles. The number of aryl methyl sites for hydroxylation is 1. The maximum atomic E-state index is 12.3. The Hall–Kier alpha value is -2.96. The minimum atomic E-state index is -0.192. The van der Waals surface area contributed by atoms with Gasteiger partial charge in [0.1, 0.15) is 5.82 Å². The maximum Gasteiger partial charge on any atom is 0.257 e. The van der Waals surface area contributed by atoms with Crippen molar-refractivity contribution in [2.45, 2.75) is 27.3 Å². The molecule has 3 rings (SSSR count). The monoisotopic (exact) mass is 339 g/mol. The number of nitrogens with one attached hydrogen (secondary N) is 1. The Balaban J connectivity index is 1.65. The molecule has 0 spiro atoms. The second kappa shape index (κ2) is 7.29. The van der Waals surface area contributed by atoms with Gasteiger partial charge < -0.3 is 14.7 Å². The zero-order chi connectivity index (χ0) is 17.8. The first-order valence-electron chi connectivity index (χ1n) is 8.32. The van der Waals surface area contributed by atoms with Crippen LogP contribution in [-0.2, 0) is 6.54 Å². The van der Waals surface area contributed by atoms with Gasteiger partial charge in [-0.1, -0.05) is 11.2 Å². The molecule has 0 atom stereocenters. The van der Waals surface area contributed by atoms with Crippen LogP contribution in [0.3, 0.4) is 0 Å². The van der Waals surface area contributed by atoms with Gasteiger partial charge in [0, 0.05) is 32.0 Å². The summed E-state index contributed by atoms with van der Waals surface area (Å²) in [6, 6.07) is 5.69. The number of rotatable bonds is 6. The van der Waals surface area contributed by atoms with Crippen molar-refractivity contribution in [3.8, 4) is 0 Å². The van der Waals surface area contributed by atoms with E-state index in [9.17, 15) is 4.79 Å². The lowest BCUT2D eigenvalue weighted by atomic mass is 10.2. The van der Waals surface area contributed by atoms with E-state index in [1.165, 1.54) is 6.20 Å². The molecule has 0 aliphatic rings. The Morgan fingerprint density at radius 3 is 2.68 bits per heavy atom. The Bertz CT molecular complexity index is 869. The number of nitrogens with zero attached hydrogens (tertiary/aromatic N) is 4. The van der Waals surface area contributed by atoms with Gasteiger partial charge in [-0.2, -0.15) is 0 Å². The molecule has 1 amide bonds. The Morgan fingerprint density at radius 2 is 2.00 bits per heavy atom. The molecule has 0 unspecified atom stereocenters. The number of hydrogen-bond acceptors (Lipinski definition) is 6.